The third-order valence-electron chi connectivity index (χ3n) is 2.57. The van der Waals surface area contributed by atoms with Crippen LogP contribution in [0.4, 0.5) is 13.2 Å². The lowest BCUT2D eigenvalue weighted by Crippen LogP contribution is -2.36. The van der Waals surface area contributed by atoms with Gasteiger partial charge in [-0.15, -0.1) is 0 Å². The molecule has 0 unspecified atom stereocenters. The highest BCUT2D eigenvalue weighted by Crippen LogP contribution is 2.33. The first-order chi connectivity index (χ1) is 7.63. The molecule has 1 aliphatic rings. The predicted octanol–water partition coefficient (Wildman–Crippen LogP) is 1.50. The number of halogens is 3. The Hall–Kier alpha value is -0.830. The zero-order chi connectivity index (χ0) is 13.3. The molecule has 0 amide bonds. The molecule has 0 bridgehead atoms. The summed E-state index contributed by atoms with van der Waals surface area (Å²) in [4.78, 5) is 10.6. The summed E-state index contributed by atoms with van der Waals surface area (Å²) in [6.45, 7) is 0. The van der Waals surface area contributed by atoms with E-state index in [1.165, 1.54) is 0 Å². The van der Waals surface area contributed by atoms with Gasteiger partial charge in [0.2, 0.25) is 0 Å². The second-order valence-corrected chi connectivity index (χ2v) is 5.42. The zero-order valence-corrected chi connectivity index (χ0v) is 9.42. The SMILES string of the molecule is O=C(O)[C@H](CC1CCC1)OS(=O)(=O)C(F)(F)F. The predicted molar refractivity (Wildman–Crippen MR) is 49.4 cm³/mol. The van der Waals surface area contributed by atoms with Crippen LogP contribution in [0.15, 0.2) is 0 Å². The van der Waals surface area contributed by atoms with Gasteiger partial charge >= 0.3 is 21.6 Å². The lowest BCUT2D eigenvalue weighted by atomic mass is 9.81. The summed E-state index contributed by atoms with van der Waals surface area (Å²) in [5.74, 6) is -1.79. The monoisotopic (exact) mass is 276 g/mol. The Labute approximate surface area is 95.7 Å². The van der Waals surface area contributed by atoms with E-state index in [2.05, 4.69) is 4.18 Å². The van der Waals surface area contributed by atoms with Gasteiger partial charge in [0.25, 0.3) is 0 Å². The van der Waals surface area contributed by atoms with E-state index in [0.29, 0.717) is 12.8 Å². The van der Waals surface area contributed by atoms with Crippen molar-refractivity contribution in [3.63, 3.8) is 0 Å². The normalized spacial score (nSPS) is 19.7. The first-order valence-corrected chi connectivity index (χ1v) is 6.26. The fraction of sp³-hybridized carbons (Fsp3) is 0.875. The molecule has 0 aromatic rings. The minimum absolute atomic E-state index is 0.0838. The largest absolute Gasteiger partial charge is 0.523 e. The van der Waals surface area contributed by atoms with E-state index in [1.54, 1.807) is 0 Å². The molecule has 0 spiro atoms. The molecule has 0 saturated heterocycles. The quantitative estimate of drug-likeness (QED) is 0.608. The first kappa shape index (κ1) is 14.2. The van der Waals surface area contributed by atoms with E-state index >= 15 is 0 Å². The van der Waals surface area contributed by atoms with E-state index in [4.69, 9.17) is 5.11 Å². The third kappa shape index (κ3) is 3.56. The van der Waals surface area contributed by atoms with Crippen LogP contribution in [0.2, 0.25) is 0 Å². The number of aliphatic carboxylic acids is 1. The molecule has 1 fully saturated rings. The molecular weight excluding hydrogens is 265 g/mol. The van der Waals surface area contributed by atoms with E-state index < -0.39 is 27.7 Å². The molecule has 0 aliphatic heterocycles. The fourth-order valence-electron chi connectivity index (χ4n) is 1.42. The Morgan fingerprint density at radius 3 is 2.24 bits per heavy atom. The minimum Gasteiger partial charge on any atom is -0.479 e. The standard InChI is InChI=1S/C8H11F3O5S/c9-8(10,11)17(14,15)16-6(7(12)13)4-5-2-1-3-5/h5-6H,1-4H2,(H,12,13)/t6-/m0/s1. The number of carboxylic acid groups (broad SMARTS) is 1. The number of carboxylic acids is 1. The van der Waals surface area contributed by atoms with Crippen LogP contribution in [-0.2, 0) is 19.1 Å². The summed E-state index contributed by atoms with van der Waals surface area (Å²) >= 11 is 0. The van der Waals surface area contributed by atoms with Gasteiger partial charge in [0.1, 0.15) is 0 Å². The van der Waals surface area contributed by atoms with Crippen molar-refractivity contribution in [1.29, 1.82) is 0 Å². The van der Waals surface area contributed by atoms with Crippen LogP contribution in [0, 0.1) is 5.92 Å². The van der Waals surface area contributed by atoms with Crippen molar-refractivity contribution in [2.45, 2.75) is 37.3 Å². The molecule has 0 heterocycles. The number of hydrogen-bond donors (Lipinski definition) is 1. The second-order valence-electron chi connectivity index (χ2n) is 3.86. The molecule has 9 heteroatoms. The summed E-state index contributed by atoms with van der Waals surface area (Å²) in [6.07, 6.45) is 0.0402. The van der Waals surface area contributed by atoms with Crippen LogP contribution in [0.1, 0.15) is 25.7 Å². The average Bonchev–Trinajstić information content (AvgIpc) is 2.06. The van der Waals surface area contributed by atoms with Crippen molar-refractivity contribution in [3.8, 4) is 0 Å². The Balaban J connectivity index is 2.69. The zero-order valence-electron chi connectivity index (χ0n) is 8.61. The van der Waals surface area contributed by atoms with E-state index in [0.717, 1.165) is 6.42 Å². The Kier molecular flexibility index (Phi) is 4.03. The Morgan fingerprint density at radius 1 is 1.41 bits per heavy atom. The van der Waals surface area contributed by atoms with Crippen molar-refractivity contribution in [3.05, 3.63) is 0 Å². The first-order valence-electron chi connectivity index (χ1n) is 4.86. The highest BCUT2D eigenvalue weighted by Gasteiger charge is 2.49. The molecular formula is C8H11F3O5S. The van der Waals surface area contributed by atoms with E-state index in [1.807, 2.05) is 0 Å². The van der Waals surface area contributed by atoms with Gasteiger partial charge in [-0.3, -0.25) is 0 Å². The van der Waals surface area contributed by atoms with Gasteiger partial charge in [-0.25, -0.2) is 8.98 Å². The summed E-state index contributed by atoms with van der Waals surface area (Å²) in [7, 11) is -5.85. The van der Waals surface area contributed by atoms with Crippen molar-refractivity contribution in [1.82, 2.24) is 0 Å². The molecule has 1 saturated carbocycles. The molecule has 0 radical (unpaired) electrons. The van der Waals surface area contributed by atoms with Gasteiger partial charge in [-0.1, -0.05) is 19.3 Å². The number of alkyl halides is 3. The van der Waals surface area contributed by atoms with Crippen LogP contribution in [0.25, 0.3) is 0 Å². The molecule has 1 aliphatic carbocycles. The van der Waals surface area contributed by atoms with Crippen LogP contribution < -0.4 is 0 Å². The van der Waals surface area contributed by atoms with Crippen LogP contribution in [-0.4, -0.2) is 31.1 Å². The Morgan fingerprint density at radius 2 is 1.94 bits per heavy atom. The maximum Gasteiger partial charge on any atom is 0.523 e. The highest BCUT2D eigenvalue weighted by molar-refractivity contribution is 7.87. The van der Waals surface area contributed by atoms with Gasteiger partial charge in [-0.2, -0.15) is 21.6 Å². The molecule has 0 aromatic heterocycles. The molecule has 100 valence electrons. The molecule has 1 N–H and O–H groups in total. The maximum atomic E-state index is 12.0. The average molecular weight is 276 g/mol. The third-order valence-corrected chi connectivity index (χ3v) is 3.63. The minimum atomic E-state index is -5.85. The summed E-state index contributed by atoms with van der Waals surface area (Å²) in [6, 6.07) is 0. The highest BCUT2D eigenvalue weighted by atomic mass is 32.2. The van der Waals surface area contributed by atoms with E-state index in [-0.39, 0.29) is 12.3 Å². The van der Waals surface area contributed by atoms with Gasteiger partial charge in [0, 0.05) is 0 Å². The lowest BCUT2D eigenvalue weighted by molar-refractivity contribution is -0.147. The number of carbonyl (C=O) groups is 1. The Bertz CT molecular complexity index is 384. The molecule has 5 nitrogen and oxygen atoms in total. The summed E-state index contributed by atoms with van der Waals surface area (Å²) in [5, 5.41) is 8.61. The van der Waals surface area contributed by atoms with Gasteiger partial charge in [0.05, 0.1) is 0 Å². The van der Waals surface area contributed by atoms with Crippen molar-refractivity contribution in [2.75, 3.05) is 0 Å². The smallest absolute Gasteiger partial charge is 0.479 e. The number of hydrogen-bond acceptors (Lipinski definition) is 4. The van der Waals surface area contributed by atoms with Crippen LogP contribution in [0.5, 0.6) is 0 Å². The molecule has 1 rings (SSSR count). The maximum absolute atomic E-state index is 12.0. The van der Waals surface area contributed by atoms with Crippen LogP contribution >= 0.6 is 0 Å². The van der Waals surface area contributed by atoms with E-state index in [9.17, 15) is 26.4 Å². The molecule has 17 heavy (non-hydrogen) atoms. The van der Waals surface area contributed by atoms with Gasteiger partial charge in [-0.05, 0) is 12.3 Å². The summed E-state index contributed by atoms with van der Waals surface area (Å²) in [5.41, 5.74) is -5.60. The van der Waals surface area contributed by atoms with Crippen molar-refractivity contribution in [2.24, 2.45) is 5.92 Å². The lowest BCUT2D eigenvalue weighted by Gasteiger charge is -2.27. The second kappa shape index (κ2) is 4.81. The van der Waals surface area contributed by atoms with Gasteiger partial charge in [0.15, 0.2) is 6.10 Å². The summed E-state index contributed by atoms with van der Waals surface area (Å²) < 4.78 is 61.0. The topological polar surface area (TPSA) is 80.7 Å². The molecule has 1 atom stereocenters. The van der Waals surface area contributed by atoms with Gasteiger partial charge < -0.3 is 5.11 Å². The fourth-order valence-corrected chi connectivity index (χ4v) is 2.00. The van der Waals surface area contributed by atoms with Crippen molar-refractivity contribution >= 4 is 16.1 Å². The van der Waals surface area contributed by atoms with Crippen LogP contribution in [0.3, 0.4) is 0 Å². The molecule has 0 aromatic carbocycles. The van der Waals surface area contributed by atoms with Crippen molar-refractivity contribution < 1.29 is 35.7 Å². The number of rotatable bonds is 5.